The summed E-state index contributed by atoms with van der Waals surface area (Å²) < 4.78 is 18.7. The maximum atomic E-state index is 13.2. The fraction of sp³-hybridized carbons (Fsp3) is 0.400. The second-order valence-electron chi connectivity index (χ2n) is 3.05. The number of phenols is 1. The minimum absolute atomic E-state index is 0.192. The lowest BCUT2D eigenvalue weighted by Crippen LogP contribution is -2.11. The van der Waals surface area contributed by atoms with Crippen LogP contribution < -0.4 is 10.1 Å². The normalized spacial score (nSPS) is 10.4. The van der Waals surface area contributed by atoms with E-state index in [1.807, 2.05) is 7.05 Å². The molecule has 0 bridgehead atoms. The van der Waals surface area contributed by atoms with Gasteiger partial charge in [-0.3, -0.25) is 0 Å². The molecule has 1 rings (SSSR count). The highest BCUT2D eigenvalue weighted by molar-refractivity contribution is 9.10. The largest absolute Gasteiger partial charge is 0.502 e. The van der Waals surface area contributed by atoms with Crippen molar-refractivity contribution in [1.82, 2.24) is 5.32 Å². The Morgan fingerprint density at radius 1 is 1.60 bits per heavy atom. The van der Waals surface area contributed by atoms with Crippen LogP contribution in [-0.2, 0) is 6.42 Å². The molecule has 1 aromatic rings. The number of likely N-dealkylation sites (N-methyl/N-ethyl adjacent to an activating group) is 1. The number of phenolic OH excluding ortho intramolecular Hbond substituents is 1. The first kappa shape index (κ1) is 12.3. The molecule has 0 saturated heterocycles. The van der Waals surface area contributed by atoms with E-state index in [1.165, 1.54) is 13.2 Å². The molecule has 5 heteroatoms. The Bertz CT molecular complexity index is 358. The van der Waals surface area contributed by atoms with Crippen molar-refractivity contribution in [2.45, 2.75) is 6.42 Å². The van der Waals surface area contributed by atoms with Crippen LogP contribution in [0.3, 0.4) is 0 Å². The predicted molar refractivity (Wildman–Crippen MR) is 59.9 cm³/mol. The van der Waals surface area contributed by atoms with Gasteiger partial charge in [-0.2, -0.15) is 0 Å². The van der Waals surface area contributed by atoms with E-state index in [2.05, 4.69) is 21.2 Å². The van der Waals surface area contributed by atoms with Gasteiger partial charge in [-0.1, -0.05) is 15.9 Å². The molecule has 0 atom stereocenters. The standard InChI is InChI=1S/C10H13BrFNO2/c1-13-4-3-6-7(11)5-8(12)9(14)10(6)15-2/h5,13-14H,3-4H2,1-2H3. The molecular weight excluding hydrogens is 265 g/mol. The summed E-state index contributed by atoms with van der Waals surface area (Å²) in [5, 5.41) is 12.4. The van der Waals surface area contributed by atoms with Gasteiger partial charge in [0.25, 0.3) is 0 Å². The number of halogens is 2. The summed E-state index contributed by atoms with van der Waals surface area (Å²) in [6, 6.07) is 1.24. The number of rotatable bonds is 4. The van der Waals surface area contributed by atoms with Gasteiger partial charge in [0.05, 0.1) is 7.11 Å². The van der Waals surface area contributed by atoms with Crippen LogP contribution >= 0.6 is 15.9 Å². The van der Waals surface area contributed by atoms with Gasteiger partial charge in [0.1, 0.15) is 0 Å². The van der Waals surface area contributed by atoms with Crippen LogP contribution in [0.15, 0.2) is 10.5 Å². The monoisotopic (exact) mass is 277 g/mol. The average Bonchev–Trinajstić information content (AvgIpc) is 2.21. The van der Waals surface area contributed by atoms with Crippen molar-refractivity contribution in [2.24, 2.45) is 0 Å². The second kappa shape index (κ2) is 5.32. The molecule has 0 aliphatic rings. The lowest BCUT2D eigenvalue weighted by atomic mass is 10.1. The Hall–Kier alpha value is -0.810. The maximum Gasteiger partial charge on any atom is 0.194 e. The molecule has 0 aliphatic heterocycles. The van der Waals surface area contributed by atoms with Crippen molar-refractivity contribution in [3.8, 4) is 11.5 Å². The quantitative estimate of drug-likeness (QED) is 0.885. The van der Waals surface area contributed by atoms with Gasteiger partial charge in [0, 0.05) is 10.0 Å². The molecule has 3 nitrogen and oxygen atoms in total. The number of methoxy groups -OCH3 is 1. The molecule has 0 amide bonds. The van der Waals surface area contributed by atoms with Crippen molar-refractivity contribution >= 4 is 15.9 Å². The number of benzene rings is 1. The number of hydrogen-bond donors (Lipinski definition) is 2. The molecule has 0 unspecified atom stereocenters. The third-order valence-electron chi connectivity index (χ3n) is 2.09. The van der Waals surface area contributed by atoms with Crippen LogP contribution in [-0.4, -0.2) is 25.8 Å². The Morgan fingerprint density at radius 3 is 2.80 bits per heavy atom. The zero-order valence-electron chi connectivity index (χ0n) is 8.60. The molecule has 0 aromatic heterocycles. The number of aromatic hydroxyl groups is 1. The fourth-order valence-corrected chi connectivity index (χ4v) is 1.91. The second-order valence-corrected chi connectivity index (χ2v) is 3.91. The molecular formula is C10H13BrFNO2. The smallest absolute Gasteiger partial charge is 0.194 e. The Balaban J connectivity index is 3.16. The molecule has 0 radical (unpaired) electrons. The molecule has 2 N–H and O–H groups in total. The van der Waals surface area contributed by atoms with E-state index in [0.29, 0.717) is 10.9 Å². The first-order valence-electron chi connectivity index (χ1n) is 4.50. The molecule has 1 aromatic carbocycles. The van der Waals surface area contributed by atoms with E-state index in [9.17, 15) is 9.50 Å². The molecule has 0 heterocycles. The Morgan fingerprint density at radius 2 is 2.27 bits per heavy atom. The van der Waals surface area contributed by atoms with Crippen LogP contribution in [0.4, 0.5) is 4.39 Å². The van der Waals surface area contributed by atoms with Crippen LogP contribution in [0.2, 0.25) is 0 Å². The SMILES string of the molecule is CNCCc1c(Br)cc(F)c(O)c1OC. The van der Waals surface area contributed by atoms with Crippen LogP contribution in [0, 0.1) is 5.82 Å². The minimum Gasteiger partial charge on any atom is -0.502 e. The minimum atomic E-state index is -0.688. The number of nitrogens with one attached hydrogen (secondary N) is 1. The van der Waals surface area contributed by atoms with Crippen LogP contribution in [0.1, 0.15) is 5.56 Å². The highest BCUT2D eigenvalue weighted by Crippen LogP contribution is 2.37. The molecule has 0 fully saturated rings. The molecule has 15 heavy (non-hydrogen) atoms. The van der Waals surface area contributed by atoms with Gasteiger partial charge in [-0.15, -0.1) is 0 Å². The summed E-state index contributed by atoms with van der Waals surface area (Å²) in [4.78, 5) is 0. The first-order chi connectivity index (χ1) is 7.11. The molecule has 0 spiro atoms. The zero-order valence-corrected chi connectivity index (χ0v) is 10.2. The topological polar surface area (TPSA) is 41.5 Å². The Labute approximate surface area is 96.4 Å². The summed E-state index contributed by atoms with van der Waals surface area (Å²) in [7, 11) is 3.23. The van der Waals surface area contributed by atoms with Crippen LogP contribution in [0.5, 0.6) is 11.5 Å². The van der Waals surface area contributed by atoms with Crippen LogP contribution in [0.25, 0.3) is 0 Å². The van der Waals surface area contributed by atoms with E-state index < -0.39 is 11.6 Å². The summed E-state index contributed by atoms with van der Waals surface area (Å²) in [6.45, 7) is 0.722. The van der Waals surface area contributed by atoms with Crippen molar-refractivity contribution in [3.05, 3.63) is 21.9 Å². The highest BCUT2D eigenvalue weighted by atomic mass is 79.9. The number of hydrogen-bond acceptors (Lipinski definition) is 3. The molecule has 0 aliphatic carbocycles. The third kappa shape index (κ3) is 2.60. The van der Waals surface area contributed by atoms with E-state index >= 15 is 0 Å². The Kier molecular flexibility index (Phi) is 4.35. The summed E-state index contributed by atoms with van der Waals surface area (Å²) in [5.41, 5.74) is 0.755. The average molecular weight is 278 g/mol. The van der Waals surface area contributed by atoms with Gasteiger partial charge in [-0.05, 0) is 26.1 Å². The zero-order chi connectivity index (χ0) is 11.4. The van der Waals surface area contributed by atoms with Gasteiger partial charge in [0.15, 0.2) is 17.3 Å². The van der Waals surface area contributed by atoms with Crippen molar-refractivity contribution in [1.29, 1.82) is 0 Å². The van der Waals surface area contributed by atoms with Crippen molar-refractivity contribution in [3.63, 3.8) is 0 Å². The highest BCUT2D eigenvalue weighted by Gasteiger charge is 2.16. The van der Waals surface area contributed by atoms with E-state index in [-0.39, 0.29) is 5.75 Å². The van der Waals surface area contributed by atoms with Gasteiger partial charge >= 0.3 is 0 Å². The van der Waals surface area contributed by atoms with Gasteiger partial charge in [-0.25, -0.2) is 4.39 Å². The molecule has 84 valence electrons. The molecule has 0 saturated carbocycles. The predicted octanol–water partition coefficient (Wildman–Crippen LogP) is 2.06. The fourth-order valence-electron chi connectivity index (χ4n) is 1.33. The first-order valence-corrected chi connectivity index (χ1v) is 5.29. The summed E-state index contributed by atoms with van der Waals surface area (Å²) in [5.74, 6) is -0.934. The lowest BCUT2D eigenvalue weighted by Gasteiger charge is -2.12. The number of ether oxygens (including phenoxy) is 1. The third-order valence-corrected chi connectivity index (χ3v) is 2.79. The van der Waals surface area contributed by atoms with E-state index in [4.69, 9.17) is 4.74 Å². The van der Waals surface area contributed by atoms with E-state index in [1.54, 1.807) is 0 Å². The maximum absolute atomic E-state index is 13.2. The van der Waals surface area contributed by atoms with Crippen molar-refractivity contribution < 1.29 is 14.2 Å². The van der Waals surface area contributed by atoms with Crippen molar-refractivity contribution in [2.75, 3.05) is 20.7 Å². The van der Waals surface area contributed by atoms with E-state index in [0.717, 1.165) is 12.1 Å². The lowest BCUT2D eigenvalue weighted by molar-refractivity contribution is 0.352. The van der Waals surface area contributed by atoms with Gasteiger partial charge < -0.3 is 15.2 Å². The summed E-state index contributed by atoms with van der Waals surface area (Å²) >= 11 is 3.24. The van der Waals surface area contributed by atoms with Gasteiger partial charge in [0.2, 0.25) is 0 Å². The summed E-state index contributed by atoms with van der Waals surface area (Å²) in [6.07, 6.45) is 0.647.